The molecule has 0 radical (unpaired) electrons. The molecule has 0 amide bonds. The molecule has 0 saturated carbocycles. The Labute approximate surface area is 133 Å². The highest BCUT2D eigenvalue weighted by Gasteiger charge is 2.17. The number of anilines is 1. The smallest absolute Gasteiger partial charge is 0.185 e. The summed E-state index contributed by atoms with van der Waals surface area (Å²) in [4.78, 5) is 8.58. The molecule has 1 rings (SSSR count). The van der Waals surface area contributed by atoms with Crippen LogP contribution in [0.4, 0.5) is 5.13 Å². The molecule has 5 heteroatoms. The summed E-state index contributed by atoms with van der Waals surface area (Å²) in [6, 6.07) is 0. The maximum absolute atomic E-state index is 5.47. The van der Waals surface area contributed by atoms with E-state index in [2.05, 4.69) is 37.9 Å². The molecule has 0 unspecified atom stereocenters. The highest BCUT2D eigenvalue weighted by Crippen LogP contribution is 2.30. The quantitative estimate of drug-likeness (QED) is 0.633. The fraction of sp³-hybridized carbons (Fsp3) is 0.812. The van der Waals surface area contributed by atoms with Crippen LogP contribution in [-0.4, -0.2) is 37.8 Å². The predicted molar refractivity (Wildman–Crippen MR) is 92.6 cm³/mol. The monoisotopic (exact) mass is 313 g/mol. The van der Waals surface area contributed by atoms with Crippen LogP contribution in [0.2, 0.25) is 0 Å². The third-order valence-electron chi connectivity index (χ3n) is 3.34. The Morgan fingerprint density at radius 3 is 2.62 bits per heavy atom. The van der Waals surface area contributed by atoms with Gasteiger partial charge in [-0.25, -0.2) is 4.98 Å². The standard InChI is InChI=1S/C16H31N3OS/c1-6-9-17-12-14-15(13(4)5)18-16(21-14)19(7-2)10-11-20-8-3/h13,17H,6-12H2,1-5H3. The van der Waals surface area contributed by atoms with Gasteiger partial charge in [-0.05, 0) is 32.7 Å². The van der Waals surface area contributed by atoms with Gasteiger partial charge >= 0.3 is 0 Å². The summed E-state index contributed by atoms with van der Waals surface area (Å²) in [6.45, 7) is 16.3. The normalized spacial score (nSPS) is 11.3. The molecule has 1 aromatic heterocycles. The van der Waals surface area contributed by atoms with E-state index in [9.17, 15) is 0 Å². The van der Waals surface area contributed by atoms with E-state index in [-0.39, 0.29) is 0 Å². The number of aromatic nitrogens is 1. The van der Waals surface area contributed by atoms with E-state index < -0.39 is 0 Å². The zero-order valence-corrected chi connectivity index (χ0v) is 15.1. The van der Waals surface area contributed by atoms with E-state index in [1.165, 1.54) is 10.6 Å². The molecule has 0 spiro atoms. The van der Waals surface area contributed by atoms with Gasteiger partial charge in [-0.3, -0.25) is 0 Å². The maximum Gasteiger partial charge on any atom is 0.185 e. The maximum atomic E-state index is 5.47. The van der Waals surface area contributed by atoms with E-state index in [4.69, 9.17) is 9.72 Å². The van der Waals surface area contributed by atoms with Crippen LogP contribution in [0.1, 0.15) is 57.5 Å². The Morgan fingerprint density at radius 2 is 2.05 bits per heavy atom. The first-order chi connectivity index (χ1) is 10.1. The molecule has 21 heavy (non-hydrogen) atoms. The van der Waals surface area contributed by atoms with Gasteiger partial charge in [0.1, 0.15) is 0 Å². The Morgan fingerprint density at radius 1 is 1.29 bits per heavy atom. The molecule has 1 aromatic rings. The van der Waals surface area contributed by atoms with Gasteiger partial charge in [0.25, 0.3) is 0 Å². The van der Waals surface area contributed by atoms with Crippen molar-refractivity contribution in [3.8, 4) is 0 Å². The minimum atomic E-state index is 0.471. The van der Waals surface area contributed by atoms with Gasteiger partial charge in [-0.15, -0.1) is 11.3 Å². The number of hydrogen-bond donors (Lipinski definition) is 1. The summed E-state index contributed by atoms with van der Waals surface area (Å²) >= 11 is 1.83. The number of ether oxygens (including phenoxy) is 1. The molecule has 4 nitrogen and oxygen atoms in total. The van der Waals surface area contributed by atoms with Crippen molar-refractivity contribution in [3.63, 3.8) is 0 Å². The summed E-state index contributed by atoms with van der Waals surface area (Å²) in [7, 11) is 0. The molecule has 122 valence electrons. The van der Waals surface area contributed by atoms with Crippen LogP contribution in [-0.2, 0) is 11.3 Å². The van der Waals surface area contributed by atoms with E-state index in [1.807, 2.05) is 18.3 Å². The number of rotatable bonds is 11. The molecule has 0 aliphatic carbocycles. The van der Waals surface area contributed by atoms with Crippen LogP contribution >= 0.6 is 11.3 Å². The predicted octanol–water partition coefficient (Wildman–Crippen LogP) is 3.63. The highest BCUT2D eigenvalue weighted by atomic mass is 32.1. The fourth-order valence-electron chi connectivity index (χ4n) is 2.15. The van der Waals surface area contributed by atoms with E-state index in [0.717, 1.165) is 50.9 Å². The lowest BCUT2D eigenvalue weighted by Crippen LogP contribution is -2.27. The second kappa shape index (κ2) is 10.1. The molecule has 0 bridgehead atoms. The van der Waals surface area contributed by atoms with Crippen LogP contribution in [0.25, 0.3) is 0 Å². The van der Waals surface area contributed by atoms with Crippen molar-refractivity contribution in [1.29, 1.82) is 0 Å². The molecular weight excluding hydrogens is 282 g/mol. The van der Waals surface area contributed by atoms with Crippen molar-refractivity contribution in [3.05, 3.63) is 10.6 Å². The molecule has 0 fully saturated rings. The molecule has 1 N–H and O–H groups in total. The average Bonchev–Trinajstić information content (AvgIpc) is 2.88. The largest absolute Gasteiger partial charge is 0.380 e. The van der Waals surface area contributed by atoms with Gasteiger partial charge in [-0.2, -0.15) is 0 Å². The Hall–Kier alpha value is -0.650. The van der Waals surface area contributed by atoms with Gasteiger partial charge in [0.05, 0.1) is 12.3 Å². The van der Waals surface area contributed by atoms with Gasteiger partial charge in [-0.1, -0.05) is 20.8 Å². The van der Waals surface area contributed by atoms with Crippen molar-refractivity contribution in [2.24, 2.45) is 0 Å². The fourth-order valence-corrected chi connectivity index (χ4v) is 3.42. The van der Waals surface area contributed by atoms with Gasteiger partial charge < -0.3 is 15.0 Å². The Bertz CT molecular complexity index is 393. The van der Waals surface area contributed by atoms with Crippen molar-refractivity contribution in [2.75, 3.05) is 37.7 Å². The van der Waals surface area contributed by atoms with Crippen LogP contribution in [0.15, 0.2) is 0 Å². The SMILES string of the molecule is CCCNCc1sc(N(CC)CCOCC)nc1C(C)C. The Balaban J connectivity index is 2.78. The first-order valence-corrected chi connectivity index (χ1v) is 8.98. The second-order valence-corrected chi connectivity index (χ2v) is 6.47. The molecule has 0 atom stereocenters. The van der Waals surface area contributed by atoms with E-state index in [1.54, 1.807) is 0 Å². The van der Waals surface area contributed by atoms with Crippen LogP contribution in [0.5, 0.6) is 0 Å². The van der Waals surface area contributed by atoms with Crippen LogP contribution in [0, 0.1) is 0 Å². The van der Waals surface area contributed by atoms with Gasteiger partial charge in [0.2, 0.25) is 0 Å². The first kappa shape index (κ1) is 18.4. The third-order valence-corrected chi connectivity index (χ3v) is 4.47. The highest BCUT2D eigenvalue weighted by molar-refractivity contribution is 7.15. The van der Waals surface area contributed by atoms with E-state index >= 15 is 0 Å². The second-order valence-electron chi connectivity index (χ2n) is 5.41. The lowest BCUT2D eigenvalue weighted by Gasteiger charge is -2.19. The number of likely N-dealkylation sites (N-methyl/N-ethyl adjacent to an activating group) is 1. The third kappa shape index (κ3) is 5.93. The first-order valence-electron chi connectivity index (χ1n) is 8.16. The van der Waals surface area contributed by atoms with Gasteiger partial charge in [0, 0.05) is 31.1 Å². The lowest BCUT2D eigenvalue weighted by molar-refractivity contribution is 0.154. The summed E-state index contributed by atoms with van der Waals surface area (Å²) < 4.78 is 5.47. The summed E-state index contributed by atoms with van der Waals surface area (Å²) in [5.41, 5.74) is 1.24. The summed E-state index contributed by atoms with van der Waals surface area (Å²) in [5, 5.41) is 4.63. The van der Waals surface area contributed by atoms with Gasteiger partial charge in [0.15, 0.2) is 5.13 Å². The zero-order chi connectivity index (χ0) is 15.7. The summed E-state index contributed by atoms with van der Waals surface area (Å²) in [6.07, 6.45) is 1.16. The number of nitrogens with one attached hydrogen (secondary N) is 1. The van der Waals surface area contributed by atoms with Crippen molar-refractivity contribution in [2.45, 2.75) is 53.5 Å². The van der Waals surface area contributed by atoms with Crippen LogP contribution in [0.3, 0.4) is 0 Å². The van der Waals surface area contributed by atoms with Crippen molar-refractivity contribution >= 4 is 16.5 Å². The van der Waals surface area contributed by atoms with Crippen molar-refractivity contribution < 1.29 is 4.74 Å². The minimum absolute atomic E-state index is 0.471. The van der Waals surface area contributed by atoms with Crippen LogP contribution < -0.4 is 10.2 Å². The zero-order valence-electron chi connectivity index (χ0n) is 14.2. The molecular formula is C16H31N3OS. The number of hydrogen-bond acceptors (Lipinski definition) is 5. The number of nitrogens with zero attached hydrogens (tertiary/aromatic N) is 2. The van der Waals surface area contributed by atoms with Crippen molar-refractivity contribution in [1.82, 2.24) is 10.3 Å². The molecule has 0 aliphatic heterocycles. The minimum Gasteiger partial charge on any atom is -0.380 e. The average molecular weight is 314 g/mol. The molecule has 0 aliphatic rings. The topological polar surface area (TPSA) is 37.4 Å². The van der Waals surface area contributed by atoms with E-state index in [0.29, 0.717) is 5.92 Å². The molecule has 0 aromatic carbocycles. The summed E-state index contributed by atoms with van der Waals surface area (Å²) in [5.74, 6) is 0.471. The number of thiazole rings is 1. The molecule has 1 heterocycles. The Kier molecular flexibility index (Phi) is 8.88. The lowest BCUT2D eigenvalue weighted by atomic mass is 10.1. The molecule has 0 saturated heterocycles.